The maximum atomic E-state index is 12.4. The SMILES string of the molecule is O=C1CN(C(=O)c2cncc(C#CCCO)c2)CCCN1. The third kappa shape index (κ3) is 4.29. The fraction of sp³-hybridized carbons (Fsp3) is 0.400. The van der Waals surface area contributed by atoms with Gasteiger partial charge >= 0.3 is 0 Å². The van der Waals surface area contributed by atoms with Crippen LogP contribution >= 0.6 is 0 Å². The van der Waals surface area contributed by atoms with E-state index < -0.39 is 0 Å². The van der Waals surface area contributed by atoms with Gasteiger partial charge in [-0.1, -0.05) is 11.8 Å². The van der Waals surface area contributed by atoms with Crippen LogP contribution in [0.25, 0.3) is 0 Å². The van der Waals surface area contributed by atoms with Crippen molar-refractivity contribution in [3.8, 4) is 11.8 Å². The molecule has 0 aliphatic carbocycles. The summed E-state index contributed by atoms with van der Waals surface area (Å²) in [5.74, 6) is 5.26. The van der Waals surface area contributed by atoms with Crippen molar-refractivity contribution >= 4 is 11.8 Å². The van der Waals surface area contributed by atoms with Crippen molar-refractivity contribution in [3.63, 3.8) is 0 Å². The molecule has 1 aliphatic heterocycles. The molecule has 110 valence electrons. The second kappa shape index (κ2) is 7.41. The summed E-state index contributed by atoms with van der Waals surface area (Å²) in [6.07, 6.45) is 4.16. The van der Waals surface area contributed by atoms with Gasteiger partial charge in [0, 0.05) is 37.5 Å². The number of amides is 2. The molecule has 1 aliphatic rings. The largest absolute Gasteiger partial charge is 0.395 e. The van der Waals surface area contributed by atoms with Gasteiger partial charge in [-0.25, -0.2) is 0 Å². The molecular formula is C15H17N3O3. The predicted octanol–water partition coefficient (Wildman–Crippen LogP) is -0.222. The van der Waals surface area contributed by atoms with Gasteiger partial charge < -0.3 is 15.3 Å². The average Bonchev–Trinajstić information content (AvgIpc) is 2.72. The molecular weight excluding hydrogens is 270 g/mol. The molecule has 0 aromatic carbocycles. The summed E-state index contributed by atoms with van der Waals surface area (Å²) in [4.78, 5) is 29.4. The van der Waals surface area contributed by atoms with Crippen molar-refractivity contribution in [2.75, 3.05) is 26.2 Å². The number of hydrogen-bond acceptors (Lipinski definition) is 4. The Hall–Kier alpha value is -2.39. The minimum atomic E-state index is -0.217. The third-order valence-electron chi connectivity index (χ3n) is 3.00. The number of rotatable bonds is 2. The van der Waals surface area contributed by atoms with E-state index in [1.165, 1.54) is 11.1 Å². The van der Waals surface area contributed by atoms with E-state index in [1.807, 2.05) is 0 Å². The molecule has 1 fully saturated rings. The van der Waals surface area contributed by atoms with Crippen LogP contribution in [0.3, 0.4) is 0 Å². The number of pyridine rings is 1. The van der Waals surface area contributed by atoms with Gasteiger partial charge in [0.1, 0.15) is 0 Å². The van der Waals surface area contributed by atoms with Gasteiger partial charge in [0.25, 0.3) is 5.91 Å². The molecule has 2 rings (SSSR count). The Morgan fingerprint density at radius 1 is 1.48 bits per heavy atom. The highest BCUT2D eigenvalue weighted by molar-refractivity contribution is 5.96. The molecule has 0 saturated carbocycles. The quantitative estimate of drug-likeness (QED) is 0.737. The number of aliphatic hydroxyl groups excluding tert-OH is 1. The second-order valence-electron chi connectivity index (χ2n) is 4.67. The van der Waals surface area contributed by atoms with Gasteiger partial charge in [-0.15, -0.1) is 0 Å². The molecule has 2 heterocycles. The first-order valence-electron chi connectivity index (χ1n) is 6.81. The van der Waals surface area contributed by atoms with E-state index in [-0.39, 0.29) is 25.0 Å². The molecule has 1 aromatic rings. The first-order valence-corrected chi connectivity index (χ1v) is 6.81. The van der Waals surface area contributed by atoms with E-state index in [9.17, 15) is 9.59 Å². The molecule has 0 atom stereocenters. The molecule has 0 unspecified atom stereocenters. The van der Waals surface area contributed by atoms with E-state index in [0.717, 1.165) is 6.42 Å². The van der Waals surface area contributed by atoms with Gasteiger partial charge in [0.2, 0.25) is 5.91 Å². The lowest BCUT2D eigenvalue weighted by atomic mass is 10.2. The molecule has 21 heavy (non-hydrogen) atoms. The molecule has 6 nitrogen and oxygen atoms in total. The predicted molar refractivity (Wildman–Crippen MR) is 76.3 cm³/mol. The zero-order valence-electron chi connectivity index (χ0n) is 11.6. The Kier molecular flexibility index (Phi) is 5.29. The van der Waals surface area contributed by atoms with Crippen molar-refractivity contribution < 1.29 is 14.7 Å². The summed E-state index contributed by atoms with van der Waals surface area (Å²) in [7, 11) is 0. The number of aliphatic hydroxyl groups is 1. The van der Waals surface area contributed by atoms with Crippen molar-refractivity contribution in [3.05, 3.63) is 29.6 Å². The highest BCUT2D eigenvalue weighted by atomic mass is 16.2. The Bertz CT molecular complexity index is 589. The summed E-state index contributed by atoms with van der Waals surface area (Å²) in [6.45, 7) is 1.20. The number of hydrogen-bond donors (Lipinski definition) is 2. The zero-order valence-corrected chi connectivity index (χ0v) is 11.6. The van der Waals surface area contributed by atoms with Crippen LogP contribution in [-0.4, -0.2) is 53.0 Å². The zero-order chi connectivity index (χ0) is 15.1. The van der Waals surface area contributed by atoms with Crippen LogP contribution in [0.1, 0.15) is 28.8 Å². The summed E-state index contributed by atoms with van der Waals surface area (Å²) in [6, 6.07) is 1.66. The minimum absolute atomic E-state index is 0.00192. The molecule has 2 amide bonds. The van der Waals surface area contributed by atoms with Crippen LogP contribution in [0, 0.1) is 11.8 Å². The summed E-state index contributed by atoms with van der Waals surface area (Å²) >= 11 is 0. The van der Waals surface area contributed by atoms with E-state index in [1.54, 1.807) is 12.3 Å². The molecule has 6 heteroatoms. The number of nitrogens with one attached hydrogen (secondary N) is 1. The van der Waals surface area contributed by atoms with E-state index in [2.05, 4.69) is 22.1 Å². The topological polar surface area (TPSA) is 82.5 Å². The molecule has 0 bridgehead atoms. The fourth-order valence-corrected chi connectivity index (χ4v) is 2.01. The first kappa shape index (κ1) is 15.0. The van der Waals surface area contributed by atoms with Crippen LogP contribution in [0.2, 0.25) is 0 Å². The van der Waals surface area contributed by atoms with E-state index >= 15 is 0 Å². The minimum Gasteiger partial charge on any atom is -0.395 e. The monoisotopic (exact) mass is 287 g/mol. The Morgan fingerprint density at radius 2 is 2.33 bits per heavy atom. The van der Waals surface area contributed by atoms with Crippen molar-refractivity contribution in [2.45, 2.75) is 12.8 Å². The third-order valence-corrected chi connectivity index (χ3v) is 3.00. The van der Waals surface area contributed by atoms with E-state index in [0.29, 0.717) is 30.6 Å². The van der Waals surface area contributed by atoms with Crippen LogP contribution in [0.15, 0.2) is 18.5 Å². The highest BCUT2D eigenvalue weighted by Crippen LogP contribution is 2.08. The number of aromatic nitrogens is 1. The smallest absolute Gasteiger partial charge is 0.255 e. The summed E-state index contributed by atoms with van der Waals surface area (Å²) < 4.78 is 0. The molecule has 1 aromatic heterocycles. The molecule has 1 saturated heterocycles. The Balaban J connectivity index is 2.13. The second-order valence-corrected chi connectivity index (χ2v) is 4.67. The van der Waals surface area contributed by atoms with Crippen molar-refractivity contribution in [1.82, 2.24) is 15.2 Å². The molecule has 0 radical (unpaired) electrons. The van der Waals surface area contributed by atoms with Gasteiger partial charge in [-0.05, 0) is 12.5 Å². The lowest BCUT2D eigenvalue weighted by Crippen LogP contribution is -2.37. The fourth-order valence-electron chi connectivity index (χ4n) is 2.01. The van der Waals surface area contributed by atoms with Crippen LogP contribution in [-0.2, 0) is 4.79 Å². The number of nitrogens with zero attached hydrogens (tertiary/aromatic N) is 2. The molecule has 2 N–H and O–H groups in total. The van der Waals surface area contributed by atoms with Crippen LogP contribution in [0.5, 0.6) is 0 Å². The average molecular weight is 287 g/mol. The normalized spacial score (nSPS) is 14.7. The van der Waals surface area contributed by atoms with Crippen molar-refractivity contribution in [2.24, 2.45) is 0 Å². The standard InChI is InChI=1S/C15H17N3O3/c19-7-2-1-4-12-8-13(10-16-9-12)15(21)18-6-3-5-17-14(20)11-18/h8-10,19H,2-3,5-7,11H2,(H,17,20). The maximum Gasteiger partial charge on any atom is 0.255 e. The van der Waals surface area contributed by atoms with Gasteiger partial charge in [-0.2, -0.15) is 0 Å². The van der Waals surface area contributed by atoms with Gasteiger partial charge in [0.05, 0.1) is 18.7 Å². The Morgan fingerprint density at radius 3 is 3.14 bits per heavy atom. The summed E-state index contributed by atoms with van der Waals surface area (Å²) in [5, 5.41) is 11.4. The lowest BCUT2D eigenvalue weighted by molar-refractivity contribution is -0.121. The summed E-state index contributed by atoms with van der Waals surface area (Å²) in [5.41, 5.74) is 1.04. The van der Waals surface area contributed by atoms with Crippen LogP contribution < -0.4 is 5.32 Å². The maximum absolute atomic E-state index is 12.4. The number of carbonyl (C=O) groups excluding carboxylic acids is 2. The van der Waals surface area contributed by atoms with E-state index in [4.69, 9.17) is 5.11 Å². The Labute approximate surface area is 123 Å². The highest BCUT2D eigenvalue weighted by Gasteiger charge is 2.21. The van der Waals surface area contributed by atoms with Gasteiger partial charge in [0.15, 0.2) is 0 Å². The number of carbonyl (C=O) groups is 2. The van der Waals surface area contributed by atoms with Gasteiger partial charge in [-0.3, -0.25) is 14.6 Å². The lowest BCUT2D eigenvalue weighted by Gasteiger charge is -2.18. The van der Waals surface area contributed by atoms with Crippen LogP contribution in [0.4, 0.5) is 0 Å². The first-order chi connectivity index (χ1) is 10.2. The molecule has 0 spiro atoms. The van der Waals surface area contributed by atoms with Crippen molar-refractivity contribution in [1.29, 1.82) is 0 Å².